The van der Waals surface area contributed by atoms with Gasteiger partial charge in [-0.25, -0.2) is 0 Å². The van der Waals surface area contributed by atoms with Crippen molar-refractivity contribution in [3.63, 3.8) is 0 Å². The van der Waals surface area contributed by atoms with Crippen molar-refractivity contribution in [2.45, 2.75) is 32.2 Å². The van der Waals surface area contributed by atoms with Crippen molar-refractivity contribution < 1.29 is 9.59 Å². The number of carbonyl (C=O) groups excluding carboxylic acids is 2. The van der Waals surface area contributed by atoms with Gasteiger partial charge >= 0.3 is 11.8 Å². The SMILES string of the molecule is Cc1ccc(NC(=O)C(=O)N[C@H](c2ccccc2)C2CCC2)c(Br)c1. The lowest BCUT2D eigenvalue weighted by Crippen LogP contribution is -2.41. The predicted molar refractivity (Wildman–Crippen MR) is 102 cm³/mol. The summed E-state index contributed by atoms with van der Waals surface area (Å²) in [6, 6.07) is 15.3. The number of nitrogens with one attached hydrogen (secondary N) is 2. The van der Waals surface area contributed by atoms with E-state index in [0.29, 0.717) is 11.6 Å². The summed E-state index contributed by atoms with van der Waals surface area (Å²) in [7, 11) is 0. The first kappa shape index (κ1) is 17.7. The third-order valence-electron chi connectivity index (χ3n) is 4.65. The van der Waals surface area contributed by atoms with E-state index in [1.807, 2.05) is 49.4 Å². The van der Waals surface area contributed by atoms with Crippen LogP contribution in [0.4, 0.5) is 5.69 Å². The van der Waals surface area contributed by atoms with Crippen LogP contribution in [0.5, 0.6) is 0 Å². The molecule has 0 aliphatic heterocycles. The Morgan fingerprint density at radius 2 is 1.80 bits per heavy atom. The molecule has 0 radical (unpaired) electrons. The van der Waals surface area contributed by atoms with Gasteiger partial charge in [-0.2, -0.15) is 0 Å². The van der Waals surface area contributed by atoms with Crippen molar-refractivity contribution in [3.05, 3.63) is 64.1 Å². The molecule has 2 aromatic rings. The highest BCUT2D eigenvalue weighted by Gasteiger charge is 2.31. The highest BCUT2D eigenvalue weighted by molar-refractivity contribution is 9.10. The number of amides is 2. The molecule has 0 bridgehead atoms. The van der Waals surface area contributed by atoms with E-state index in [1.165, 1.54) is 6.42 Å². The molecular formula is C20H21BrN2O2. The lowest BCUT2D eigenvalue weighted by atomic mass is 9.77. The Hall–Kier alpha value is -2.14. The molecule has 2 N–H and O–H groups in total. The van der Waals surface area contributed by atoms with E-state index in [-0.39, 0.29) is 6.04 Å². The minimum Gasteiger partial charge on any atom is -0.341 e. The topological polar surface area (TPSA) is 58.2 Å². The third-order valence-corrected chi connectivity index (χ3v) is 5.30. The van der Waals surface area contributed by atoms with Crippen LogP contribution in [0.15, 0.2) is 53.0 Å². The van der Waals surface area contributed by atoms with Gasteiger partial charge in [0.2, 0.25) is 0 Å². The summed E-state index contributed by atoms with van der Waals surface area (Å²) in [6.07, 6.45) is 3.32. The maximum atomic E-state index is 12.4. The van der Waals surface area contributed by atoms with Crippen molar-refractivity contribution in [1.29, 1.82) is 0 Å². The Bertz CT molecular complexity index is 773. The van der Waals surface area contributed by atoms with Crippen LogP contribution in [0, 0.1) is 12.8 Å². The molecule has 0 saturated heterocycles. The second kappa shape index (κ2) is 7.83. The average molecular weight is 401 g/mol. The van der Waals surface area contributed by atoms with Gasteiger partial charge in [-0.15, -0.1) is 0 Å². The number of carbonyl (C=O) groups is 2. The van der Waals surface area contributed by atoms with Gasteiger partial charge in [0.1, 0.15) is 0 Å². The van der Waals surface area contributed by atoms with E-state index >= 15 is 0 Å². The minimum atomic E-state index is -0.648. The average Bonchev–Trinajstić information content (AvgIpc) is 2.55. The van der Waals surface area contributed by atoms with E-state index in [9.17, 15) is 9.59 Å². The second-order valence-electron chi connectivity index (χ2n) is 6.49. The normalized spacial score (nSPS) is 15.1. The molecule has 25 heavy (non-hydrogen) atoms. The van der Waals surface area contributed by atoms with Gasteiger partial charge in [-0.1, -0.05) is 42.8 Å². The molecule has 0 unspecified atom stereocenters. The van der Waals surface area contributed by atoms with E-state index in [0.717, 1.165) is 28.4 Å². The van der Waals surface area contributed by atoms with Crippen LogP contribution in [-0.2, 0) is 9.59 Å². The first-order chi connectivity index (χ1) is 12.0. The summed E-state index contributed by atoms with van der Waals surface area (Å²) < 4.78 is 0.757. The molecule has 0 spiro atoms. The van der Waals surface area contributed by atoms with Crippen molar-refractivity contribution >= 4 is 33.4 Å². The molecule has 1 saturated carbocycles. The maximum absolute atomic E-state index is 12.4. The summed E-state index contributed by atoms with van der Waals surface area (Å²) in [5, 5.41) is 5.59. The van der Waals surface area contributed by atoms with Gasteiger partial charge in [0.05, 0.1) is 11.7 Å². The molecular weight excluding hydrogens is 380 g/mol. The summed E-state index contributed by atoms with van der Waals surface area (Å²) >= 11 is 3.41. The van der Waals surface area contributed by atoms with Crippen LogP contribution in [0.25, 0.3) is 0 Å². The molecule has 130 valence electrons. The maximum Gasteiger partial charge on any atom is 0.313 e. The number of halogens is 1. The number of hydrogen-bond acceptors (Lipinski definition) is 2. The summed E-state index contributed by atoms with van der Waals surface area (Å²) in [4.78, 5) is 24.7. The van der Waals surface area contributed by atoms with E-state index in [2.05, 4.69) is 26.6 Å². The molecule has 2 aromatic carbocycles. The van der Waals surface area contributed by atoms with Gasteiger partial charge in [-0.3, -0.25) is 9.59 Å². The fraction of sp³-hybridized carbons (Fsp3) is 0.300. The van der Waals surface area contributed by atoms with Crippen molar-refractivity contribution in [1.82, 2.24) is 5.32 Å². The summed E-state index contributed by atoms with van der Waals surface area (Å²) in [5.74, 6) is -0.858. The number of benzene rings is 2. The van der Waals surface area contributed by atoms with Gasteiger partial charge < -0.3 is 10.6 Å². The quantitative estimate of drug-likeness (QED) is 0.749. The number of anilines is 1. The van der Waals surface area contributed by atoms with Gasteiger partial charge in [0.15, 0.2) is 0 Å². The fourth-order valence-corrected chi connectivity index (χ4v) is 3.61. The van der Waals surface area contributed by atoms with Gasteiger partial charge in [0, 0.05) is 4.47 Å². The molecule has 0 heterocycles. The molecule has 3 rings (SSSR count). The van der Waals surface area contributed by atoms with Gasteiger partial charge in [0.25, 0.3) is 0 Å². The number of hydrogen-bond donors (Lipinski definition) is 2. The number of rotatable bonds is 4. The van der Waals surface area contributed by atoms with Crippen molar-refractivity contribution in [2.24, 2.45) is 5.92 Å². The number of aryl methyl sites for hydroxylation is 1. The van der Waals surface area contributed by atoms with Crippen LogP contribution < -0.4 is 10.6 Å². The first-order valence-electron chi connectivity index (χ1n) is 8.47. The Labute approximate surface area is 156 Å². The van der Waals surface area contributed by atoms with Gasteiger partial charge in [-0.05, 0) is 64.9 Å². The molecule has 2 amide bonds. The summed E-state index contributed by atoms with van der Waals surface area (Å²) in [6.45, 7) is 1.96. The molecule has 4 nitrogen and oxygen atoms in total. The Morgan fingerprint density at radius 1 is 1.08 bits per heavy atom. The second-order valence-corrected chi connectivity index (χ2v) is 7.34. The first-order valence-corrected chi connectivity index (χ1v) is 9.27. The molecule has 1 aliphatic rings. The molecule has 5 heteroatoms. The van der Waals surface area contributed by atoms with E-state index < -0.39 is 11.8 Å². The zero-order chi connectivity index (χ0) is 17.8. The summed E-state index contributed by atoms with van der Waals surface area (Å²) in [5.41, 5.74) is 2.71. The third kappa shape index (κ3) is 4.28. The standard InChI is InChI=1S/C20H21BrN2O2/c1-13-10-11-17(16(21)12-13)22-19(24)20(25)23-18(15-8-5-9-15)14-6-3-2-4-7-14/h2-4,6-7,10-12,15,18H,5,8-9H2,1H3,(H,22,24)(H,23,25)/t18-/m1/s1. The minimum absolute atomic E-state index is 0.116. The lowest BCUT2D eigenvalue weighted by molar-refractivity contribution is -0.137. The Kier molecular flexibility index (Phi) is 5.53. The molecule has 1 aliphatic carbocycles. The van der Waals surface area contributed by atoms with Crippen LogP contribution in [0.1, 0.15) is 36.4 Å². The lowest BCUT2D eigenvalue weighted by Gasteiger charge is -2.34. The molecule has 1 atom stereocenters. The zero-order valence-electron chi connectivity index (χ0n) is 14.1. The monoisotopic (exact) mass is 400 g/mol. The molecule has 0 aromatic heterocycles. The van der Waals surface area contributed by atoms with Crippen LogP contribution in [0.3, 0.4) is 0 Å². The predicted octanol–water partition coefficient (Wildman–Crippen LogP) is 4.35. The highest BCUT2D eigenvalue weighted by atomic mass is 79.9. The fourth-order valence-electron chi connectivity index (χ4n) is 3.01. The molecule has 1 fully saturated rings. The van der Waals surface area contributed by atoms with E-state index in [1.54, 1.807) is 6.07 Å². The van der Waals surface area contributed by atoms with Crippen LogP contribution >= 0.6 is 15.9 Å². The Balaban J connectivity index is 1.69. The van der Waals surface area contributed by atoms with Crippen LogP contribution in [-0.4, -0.2) is 11.8 Å². The van der Waals surface area contributed by atoms with E-state index in [4.69, 9.17) is 0 Å². The smallest absolute Gasteiger partial charge is 0.313 e. The van der Waals surface area contributed by atoms with Crippen LogP contribution in [0.2, 0.25) is 0 Å². The Morgan fingerprint density at radius 3 is 2.40 bits per heavy atom. The largest absolute Gasteiger partial charge is 0.341 e. The van der Waals surface area contributed by atoms with Crippen molar-refractivity contribution in [2.75, 3.05) is 5.32 Å². The van der Waals surface area contributed by atoms with Crippen molar-refractivity contribution in [3.8, 4) is 0 Å². The highest BCUT2D eigenvalue weighted by Crippen LogP contribution is 2.37. The zero-order valence-corrected chi connectivity index (χ0v) is 15.7.